The molecule has 72 valence electrons. The molecule has 0 aliphatic heterocycles. The Kier molecular flexibility index (Phi) is 2.42. The highest BCUT2D eigenvalue weighted by atomic mass is 79.9. The fraction of sp³-hybridized carbons (Fsp3) is 0.182. The molecule has 0 aliphatic carbocycles. The van der Waals surface area contributed by atoms with E-state index in [-0.39, 0.29) is 0 Å². The zero-order valence-electron chi connectivity index (χ0n) is 8.04. The molecular weight excluding hydrogens is 242 g/mol. The van der Waals surface area contributed by atoms with E-state index in [9.17, 15) is 0 Å². The van der Waals surface area contributed by atoms with E-state index in [1.165, 1.54) is 0 Å². The van der Waals surface area contributed by atoms with Gasteiger partial charge in [-0.15, -0.1) is 0 Å². The Hall–Kier alpha value is -1.09. The minimum absolute atomic E-state index is 0.674. The second kappa shape index (κ2) is 3.58. The van der Waals surface area contributed by atoms with Crippen molar-refractivity contribution in [3.05, 3.63) is 40.2 Å². The van der Waals surface area contributed by atoms with Crippen LogP contribution in [0.4, 0.5) is 0 Å². The van der Waals surface area contributed by atoms with Gasteiger partial charge in [-0.05, 0) is 41.9 Å². The minimum atomic E-state index is 0.674. The molecule has 0 fully saturated rings. The van der Waals surface area contributed by atoms with Crippen molar-refractivity contribution in [1.82, 2.24) is 4.98 Å². The van der Waals surface area contributed by atoms with Crippen molar-refractivity contribution < 1.29 is 4.42 Å². The first-order valence-corrected chi connectivity index (χ1v) is 5.16. The molecule has 0 radical (unpaired) electrons. The van der Waals surface area contributed by atoms with Crippen LogP contribution >= 0.6 is 15.9 Å². The molecular formula is C11H10BrNO. The van der Waals surface area contributed by atoms with E-state index in [2.05, 4.69) is 20.9 Å². The first-order valence-electron chi connectivity index (χ1n) is 4.37. The maximum absolute atomic E-state index is 5.54. The third-order valence-corrected chi connectivity index (χ3v) is 2.82. The number of aryl methyl sites for hydroxylation is 2. The number of oxazole rings is 1. The zero-order chi connectivity index (χ0) is 10.1. The van der Waals surface area contributed by atoms with Gasteiger partial charge in [0.05, 0.1) is 11.3 Å². The van der Waals surface area contributed by atoms with Gasteiger partial charge in [0.1, 0.15) is 5.76 Å². The Morgan fingerprint density at radius 2 is 1.93 bits per heavy atom. The highest BCUT2D eigenvalue weighted by Crippen LogP contribution is 2.28. The number of rotatable bonds is 1. The Labute approximate surface area is 91.1 Å². The SMILES string of the molecule is Cc1nc(-c2ccccc2Br)oc1C. The largest absolute Gasteiger partial charge is 0.441 e. The summed E-state index contributed by atoms with van der Waals surface area (Å²) in [5, 5.41) is 0. The highest BCUT2D eigenvalue weighted by molar-refractivity contribution is 9.10. The van der Waals surface area contributed by atoms with Crippen LogP contribution in [-0.2, 0) is 0 Å². The van der Waals surface area contributed by atoms with Crippen molar-refractivity contribution in [3.63, 3.8) is 0 Å². The summed E-state index contributed by atoms with van der Waals surface area (Å²) in [7, 11) is 0. The molecule has 0 aliphatic rings. The fourth-order valence-electron chi connectivity index (χ4n) is 1.22. The van der Waals surface area contributed by atoms with Gasteiger partial charge in [-0.1, -0.05) is 12.1 Å². The molecule has 14 heavy (non-hydrogen) atoms. The molecule has 2 aromatic rings. The molecule has 2 rings (SSSR count). The first-order chi connectivity index (χ1) is 6.68. The lowest BCUT2D eigenvalue weighted by molar-refractivity contribution is 0.540. The molecule has 0 atom stereocenters. The Morgan fingerprint density at radius 1 is 1.21 bits per heavy atom. The monoisotopic (exact) mass is 251 g/mol. The molecule has 2 nitrogen and oxygen atoms in total. The third-order valence-electron chi connectivity index (χ3n) is 2.13. The van der Waals surface area contributed by atoms with Gasteiger partial charge < -0.3 is 4.42 Å². The van der Waals surface area contributed by atoms with Crippen molar-refractivity contribution >= 4 is 15.9 Å². The van der Waals surface area contributed by atoms with Crippen molar-refractivity contribution in [2.24, 2.45) is 0 Å². The van der Waals surface area contributed by atoms with E-state index in [0.717, 1.165) is 21.5 Å². The van der Waals surface area contributed by atoms with Crippen LogP contribution in [0.15, 0.2) is 33.2 Å². The zero-order valence-corrected chi connectivity index (χ0v) is 9.63. The summed E-state index contributed by atoms with van der Waals surface area (Å²) in [6.45, 7) is 3.86. The van der Waals surface area contributed by atoms with E-state index in [1.807, 2.05) is 38.1 Å². The van der Waals surface area contributed by atoms with Crippen LogP contribution in [0.25, 0.3) is 11.5 Å². The van der Waals surface area contributed by atoms with Gasteiger partial charge in [0.15, 0.2) is 0 Å². The summed E-state index contributed by atoms with van der Waals surface area (Å²) in [5.74, 6) is 1.54. The van der Waals surface area contributed by atoms with Crippen LogP contribution in [0.1, 0.15) is 11.5 Å². The van der Waals surface area contributed by atoms with Crippen LogP contribution in [-0.4, -0.2) is 4.98 Å². The summed E-state index contributed by atoms with van der Waals surface area (Å²) in [5.41, 5.74) is 1.93. The molecule has 1 aromatic heterocycles. The average molecular weight is 252 g/mol. The lowest BCUT2D eigenvalue weighted by atomic mass is 10.2. The van der Waals surface area contributed by atoms with Gasteiger partial charge in [0, 0.05) is 4.47 Å². The van der Waals surface area contributed by atoms with Gasteiger partial charge >= 0.3 is 0 Å². The molecule has 0 N–H and O–H groups in total. The maximum Gasteiger partial charge on any atom is 0.227 e. The minimum Gasteiger partial charge on any atom is -0.441 e. The lowest BCUT2D eigenvalue weighted by Crippen LogP contribution is -1.79. The quantitative estimate of drug-likeness (QED) is 0.773. The third kappa shape index (κ3) is 1.60. The summed E-state index contributed by atoms with van der Waals surface area (Å²) in [6, 6.07) is 7.89. The average Bonchev–Trinajstić information content (AvgIpc) is 2.48. The second-order valence-electron chi connectivity index (χ2n) is 3.14. The van der Waals surface area contributed by atoms with E-state index < -0.39 is 0 Å². The summed E-state index contributed by atoms with van der Waals surface area (Å²) >= 11 is 3.47. The van der Waals surface area contributed by atoms with E-state index in [1.54, 1.807) is 0 Å². The number of hydrogen-bond acceptors (Lipinski definition) is 2. The number of aromatic nitrogens is 1. The summed E-state index contributed by atoms with van der Waals surface area (Å²) < 4.78 is 6.54. The Bertz CT molecular complexity index is 443. The predicted molar refractivity (Wildman–Crippen MR) is 59.1 cm³/mol. The van der Waals surface area contributed by atoms with Gasteiger partial charge in [0.25, 0.3) is 0 Å². The molecule has 0 unspecified atom stereocenters. The summed E-state index contributed by atoms with van der Waals surface area (Å²) in [4.78, 5) is 4.34. The molecule has 0 saturated heterocycles. The fourth-order valence-corrected chi connectivity index (χ4v) is 1.68. The van der Waals surface area contributed by atoms with Crippen molar-refractivity contribution in [2.75, 3.05) is 0 Å². The van der Waals surface area contributed by atoms with Crippen molar-refractivity contribution in [1.29, 1.82) is 0 Å². The van der Waals surface area contributed by atoms with E-state index >= 15 is 0 Å². The first kappa shape index (κ1) is 9.46. The molecule has 3 heteroatoms. The Balaban J connectivity index is 2.55. The van der Waals surface area contributed by atoms with Crippen molar-refractivity contribution in [3.8, 4) is 11.5 Å². The number of halogens is 1. The molecule has 0 amide bonds. The van der Waals surface area contributed by atoms with Crippen molar-refractivity contribution in [2.45, 2.75) is 13.8 Å². The molecule has 0 saturated carbocycles. The van der Waals surface area contributed by atoms with Gasteiger partial charge in [-0.25, -0.2) is 4.98 Å². The van der Waals surface area contributed by atoms with Crippen LogP contribution in [0.3, 0.4) is 0 Å². The predicted octanol–water partition coefficient (Wildman–Crippen LogP) is 3.72. The normalized spacial score (nSPS) is 10.5. The van der Waals surface area contributed by atoms with Gasteiger partial charge in [-0.2, -0.15) is 0 Å². The smallest absolute Gasteiger partial charge is 0.227 e. The Morgan fingerprint density at radius 3 is 2.50 bits per heavy atom. The van der Waals surface area contributed by atoms with Gasteiger partial charge in [-0.3, -0.25) is 0 Å². The molecule has 0 bridgehead atoms. The number of nitrogens with zero attached hydrogens (tertiary/aromatic N) is 1. The number of hydrogen-bond donors (Lipinski definition) is 0. The topological polar surface area (TPSA) is 26.0 Å². The van der Waals surface area contributed by atoms with E-state index in [4.69, 9.17) is 4.42 Å². The lowest BCUT2D eigenvalue weighted by Gasteiger charge is -1.97. The van der Waals surface area contributed by atoms with Gasteiger partial charge in [0.2, 0.25) is 5.89 Å². The van der Waals surface area contributed by atoms with Crippen LogP contribution in [0, 0.1) is 13.8 Å². The van der Waals surface area contributed by atoms with Crippen LogP contribution in [0.2, 0.25) is 0 Å². The number of benzene rings is 1. The molecule has 0 spiro atoms. The summed E-state index contributed by atoms with van der Waals surface area (Å²) in [6.07, 6.45) is 0. The highest BCUT2D eigenvalue weighted by Gasteiger charge is 2.10. The second-order valence-corrected chi connectivity index (χ2v) is 3.99. The molecule has 1 aromatic carbocycles. The van der Waals surface area contributed by atoms with Crippen LogP contribution < -0.4 is 0 Å². The van der Waals surface area contributed by atoms with E-state index in [0.29, 0.717) is 5.89 Å². The van der Waals surface area contributed by atoms with Crippen LogP contribution in [0.5, 0.6) is 0 Å². The molecule has 1 heterocycles. The standard InChI is InChI=1S/C11H10BrNO/c1-7-8(2)14-11(13-7)9-5-3-4-6-10(9)12/h3-6H,1-2H3. The maximum atomic E-state index is 5.54.